The lowest BCUT2D eigenvalue weighted by Crippen LogP contribution is -2.45. The molecular formula is C22H37FN4O2S. The molecule has 2 N–H and O–H groups in total. The average Bonchev–Trinajstić information content (AvgIpc) is 3.22. The molecule has 1 aromatic rings. The third-order valence-corrected chi connectivity index (χ3v) is 8.60. The minimum absolute atomic E-state index is 0.136. The number of rotatable bonds is 10. The fraction of sp³-hybridized carbons (Fsp3) is 0.727. The molecule has 30 heavy (non-hydrogen) atoms. The zero-order chi connectivity index (χ0) is 21.6. The summed E-state index contributed by atoms with van der Waals surface area (Å²) in [7, 11) is 0.0577. The van der Waals surface area contributed by atoms with Crippen LogP contribution in [-0.4, -0.2) is 49.8 Å². The Morgan fingerprint density at radius 3 is 2.57 bits per heavy atom. The quantitative estimate of drug-likeness (QED) is 0.544. The van der Waals surface area contributed by atoms with Crippen LogP contribution in [0, 0.1) is 5.82 Å². The number of hydrazine groups is 1. The number of unbranched alkanes of at least 4 members (excludes halogenated alkanes) is 2. The molecule has 2 fully saturated rings. The minimum atomic E-state index is -3.37. The molecule has 2 aliphatic rings. The third kappa shape index (κ3) is 6.23. The van der Waals surface area contributed by atoms with Crippen LogP contribution in [0.3, 0.4) is 0 Å². The fourth-order valence-corrected chi connectivity index (χ4v) is 6.01. The smallest absolute Gasteiger partial charge is 0.254 e. The lowest BCUT2D eigenvalue weighted by atomic mass is 9.96. The third-order valence-electron chi connectivity index (χ3n) is 6.61. The second-order valence-corrected chi connectivity index (χ2v) is 10.9. The van der Waals surface area contributed by atoms with E-state index < -0.39 is 10.2 Å². The summed E-state index contributed by atoms with van der Waals surface area (Å²) in [4.78, 5) is 0. The Balaban J connectivity index is 1.34. The molecule has 170 valence electrons. The first-order valence-electron chi connectivity index (χ1n) is 11.3. The van der Waals surface area contributed by atoms with Gasteiger partial charge >= 0.3 is 0 Å². The van der Waals surface area contributed by atoms with Crippen LogP contribution in [0.25, 0.3) is 0 Å². The van der Waals surface area contributed by atoms with Gasteiger partial charge in [0, 0.05) is 38.8 Å². The van der Waals surface area contributed by atoms with Crippen LogP contribution in [0.5, 0.6) is 0 Å². The second kappa shape index (κ2) is 11.0. The highest BCUT2D eigenvalue weighted by atomic mass is 32.2. The molecule has 6 nitrogen and oxygen atoms in total. The lowest BCUT2D eigenvalue weighted by molar-refractivity contribution is 0.268. The van der Waals surface area contributed by atoms with Crippen molar-refractivity contribution in [3.63, 3.8) is 0 Å². The SMILES string of the molecule is CN(CCCCCC1CC(c2cccc(F)c2)NN1)S(=O)(=O)N(C)C1CCCCC1. The van der Waals surface area contributed by atoms with E-state index in [2.05, 4.69) is 10.9 Å². The van der Waals surface area contributed by atoms with Crippen LogP contribution in [0.15, 0.2) is 24.3 Å². The van der Waals surface area contributed by atoms with Gasteiger partial charge in [0.25, 0.3) is 10.2 Å². The summed E-state index contributed by atoms with van der Waals surface area (Å²) in [6.45, 7) is 0.557. The zero-order valence-corrected chi connectivity index (χ0v) is 19.1. The van der Waals surface area contributed by atoms with Gasteiger partial charge in [-0.05, 0) is 49.8 Å². The Bertz CT molecular complexity index is 770. The molecule has 1 aromatic carbocycles. The van der Waals surface area contributed by atoms with Crippen molar-refractivity contribution in [2.45, 2.75) is 82.3 Å². The van der Waals surface area contributed by atoms with Crippen molar-refractivity contribution in [3.05, 3.63) is 35.6 Å². The maximum atomic E-state index is 13.4. The molecule has 1 saturated heterocycles. The van der Waals surface area contributed by atoms with E-state index in [9.17, 15) is 12.8 Å². The van der Waals surface area contributed by atoms with Crippen molar-refractivity contribution < 1.29 is 12.8 Å². The largest absolute Gasteiger partial charge is 0.281 e. The first-order valence-corrected chi connectivity index (χ1v) is 12.7. The molecule has 2 atom stereocenters. The molecule has 3 rings (SSSR count). The first-order chi connectivity index (χ1) is 14.4. The molecule has 0 aromatic heterocycles. The lowest BCUT2D eigenvalue weighted by Gasteiger charge is -2.33. The Morgan fingerprint density at radius 1 is 1.07 bits per heavy atom. The van der Waals surface area contributed by atoms with Crippen LogP contribution < -0.4 is 10.9 Å². The highest BCUT2D eigenvalue weighted by molar-refractivity contribution is 7.86. The minimum Gasteiger partial charge on any atom is -0.254 e. The van der Waals surface area contributed by atoms with Gasteiger partial charge in [-0.1, -0.05) is 44.2 Å². The van der Waals surface area contributed by atoms with Crippen molar-refractivity contribution in [2.75, 3.05) is 20.6 Å². The molecule has 8 heteroatoms. The maximum Gasteiger partial charge on any atom is 0.281 e. The van der Waals surface area contributed by atoms with E-state index in [1.165, 1.54) is 16.8 Å². The number of hydrogen-bond acceptors (Lipinski definition) is 4. The summed E-state index contributed by atoms with van der Waals surface area (Å²) in [5, 5.41) is 0. The van der Waals surface area contributed by atoms with Crippen LogP contribution >= 0.6 is 0 Å². The van der Waals surface area contributed by atoms with Gasteiger partial charge in [0.1, 0.15) is 5.82 Å². The predicted molar refractivity (Wildman–Crippen MR) is 118 cm³/mol. The molecule has 2 unspecified atom stereocenters. The summed E-state index contributed by atoms with van der Waals surface area (Å²) in [6, 6.07) is 7.39. The Kier molecular flexibility index (Phi) is 8.65. The molecule has 1 saturated carbocycles. The van der Waals surface area contributed by atoms with Crippen LogP contribution in [-0.2, 0) is 10.2 Å². The molecular weight excluding hydrogens is 403 g/mol. The summed E-state index contributed by atoms with van der Waals surface area (Å²) in [5.74, 6) is -0.203. The van der Waals surface area contributed by atoms with E-state index in [1.54, 1.807) is 30.5 Å². The van der Waals surface area contributed by atoms with Gasteiger partial charge in [0.15, 0.2) is 0 Å². The molecule has 0 bridgehead atoms. The molecule has 1 heterocycles. The topological polar surface area (TPSA) is 64.7 Å². The van der Waals surface area contributed by atoms with Crippen LogP contribution in [0.4, 0.5) is 4.39 Å². The van der Waals surface area contributed by atoms with Gasteiger partial charge in [-0.15, -0.1) is 0 Å². The van der Waals surface area contributed by atoms with Gasteiger partial charge in [-0.25, -0.2) is 4.39 Å². The second-order valence-electron chi connectivity index (χ2n) is 8.82. The summed E-state index contributed by atoms with van der Waals surface area (Å²) in [6.07, 6.45) is 10.3. The van der Waals surface area contributed by atoms with Crippen LogP contribution in [0.2, 0.25) is 0 Å². The number of hydrogen-bond donors (Lipinski definition) is 2. The van der Waals surface area contributed by atoms with Gasteiger partial charge < -0.3 is 0 Å². The monoisotopic (exact) mass is 440 g/mol. The van der Waals surface area contributed by atoms with Crippen molar-refractivity contribution >= 4 is 10.2 Å². The Hall–Kier alpha value is -1.06. The fourth-order valence-electron chi connectivity index (χ4n) is 4.62. The van der Waals surface area contributed by atoms with Crippen molar-refractivity contribution in [1.29, 1.82) is 0 Å². The van der Waals surface area contributed by atoms with Crippen molar-refractivity contribution in [3.8, 4) is 0 Å². The van der Waals surface area contributed by atoms with E-state index >= 15 is 0 Å². The normalized spacial score (nSPS) is 23.5. The predicted octanol–water partition coefficient (Wildman–Crippen LogP) is 3.73. The van der Waals surface area contributed by atoms with Gasteiger partial charge in [-0.2, -0.15) is 17.0 Å². The van der Waals surface area contributed by atoms with E-state index in [1.807, 2.05) is 6.07 Å². The van der Waals surface area contributed by atoms with E-state index in [0.29, 0.717) is 12.6 Å². The highest BCUT2D eigenvalue weighted by Gasteiger charge is 2.30. The van der Waals surface area contributed by atoms with E-state index in [-0.39, 0.29) is 17.9 Å². The van der Waals surface area contributed by atoms with E-state index in [0.717, 1.165) is 63.4 Å². The summed E-state index contributed by atoms with van der Waals surface area (Å²) >= 11 is 0. The highest BCUT2D eigenvalue weighted by Crippen LogP contribution is 2.26. The number of nitrogens with zero attached hydrogens (tertiary/aromatic N) is 2. The van der Waals surface area contributed by atoms with Gasteiger partial charge in [0.05, 0.1) is 0 Å². The molecule has 0 spiro atoms. The summed E-state index contributed by atoms with van der Waals surface area (Å²) < 4.78 is 42.1. The first kappa shape index (κ1) is 23.6. The zero-order valence-electron chi connectivity index (χ0n) is 18.3. The molecule has 0 amide bonds. The number of halogens is 1. The maximum absolute atomic E-state index is 13.4. The number of benzene rings is 1. The molecule has 1 aliphatic heterocycles. The van der Waals surface area contributed by atoms with E-state index in [4.69, 9.17) is 0 Å². The van der Waals surface area contributed by atoms with Gasteiger partial charge in [0.2, 0.25) is 0 Å². The van der Waals surface area contributed by atoms with Crippen LogP contribution in [0.1, 0.15) is 75.8 Å². The summed E-state index contributed by atoms with van der Waals surface area (Å²) in [5.41, 5.74) is 7.55. The Morgan fingerprint density at radius 2 is 1.83 bits per heavy atom. The number of nitrogens with one attached hydrogen (secondary N) is 2. The molecule has 0 radical (unpaired) electrons. The van der Waals surface area contributed by atoms with Crippen molar-refractivity contribution in [1.82, 2.24) is 19.5 Å². The van der Waals surface area contributed by atoms with Crippen molar-refractivity contribution in [2.24, 2.45) is 0 Å². The average molecular weight is 441 g/mol. The van der Waals surface area contributed by atoms with Gasteiger partial charge in [-0.3, -0.25) is 10.9 Å². The Labute approximate surface area is 181 Å². The standard InChI is InChI=1S/C22H37FN4O2S/c1-26(30(28,29)27(2)21-13-6-3-7-14-21)15-8-4-5-12-20-17-22(25-24-20)18-10-9-11-19(23)16-18/h9-11,16,20-22,24-25H,3-8,12-15,17H2,1-2H3. The molecule has 1 aliphatic carbocycles.